The third kappa shape index (κ3) is 3.72. The minimum absolute atomic E-state index is 0.152. The molecule has 2 rings (SSSR count). The summed E-state index contributed by atoms with van der Waals surface area (Å²) < 4.78 is 1.66. The van der Waals surface area contributed by atoms with Crippen LogP contribution in [0.15, 0.2) is 39.6 Å². The lowest BCUT2D eigenvalue weighted by Crippen LogP contribution is -2.32. The van der Waals surface area contributed by atoms with Crippen molar-refractivity contribution in [3.05, 3.63) is 66.5 Å². The lowest BCUT2D eigenvalue weighted by atomic mass is 10.2. The molecule has 0 aliphatic heterocycles. The molecule has 0 saturated heterocycles. The number of benzene rings is 1. The monoisotopic (exact) mass is 402 g/mol. The van der Waals surface area contributed by atoms with Crippen LogP contribution in [0.3, 0.4) is 0 Å². The van der Waals surface area contributed by atoms with E-state index in [4.69, 9.17) is 23.2 Å². The quantitative estimate of drug-likeness (QED) is 0.842. The fourth-order valence-corrected chi connectivity index (χ4v) is 3.13. The predicted molar refractivity (Wildman–Crippen MR) is 91.7 cm³/mol. The zero-order chi connectivity index (χ0) is 16.3. The van der Waals surface area contributed by atoms with Gasteiger partial charge in [-0.05, 0) is 46.6 Å². The number of aromatic nitrogens is 1. The molecular weight excluding hydrogens is 391 g/mol. The summed E-state index contributed by atoms with van der Waals surface area (Å²) >= 11 is 15.2. The van der Waals surface area contributed by atoms with Crippen LogP contribution in [0.4, 0.5) is 0 Å². The maximum atomic E-state index is 12.4. The van der Waals surface area contributed by atoms with Crippen molar-refractivity contribution in [1.29, 1.82) is 0 Å². The molecule has 2 aromatic rings. The van der Waals surface area contributed by atoms with E-state index in [0.717, 1.165) is 5.56 Å². The first-order valence-corrected chi connectivity index (χ1v) is 8.10. The predicted octanol–water partition coefficient (Wildman–Crippen LogP) is 3.87. The van der Waals surface area contributed by atoms with Crippen LogP contribution in [0, 0.1) is 0 Å². The van der Waals surface area contributed by atoms with Gasteiger partial charge in [0.05, 0.1) is 9.50 Å². The molecule has 0 radical (unpaired) electrons. The van der Waals surface area contributed by atoms with E-state index in [2.05, 4.69) is 21.2 Å². The van der Waals surface area contributed by atoms with Gasteiger partial charge in [-0.15, -0.1) is 0 Å². The first-order chi connectivity index (χ1) is 10.4. The Labute approximate surface area is 146 Å². The zero-order valence-electron chi connectivity index (χ0n) is 11.7. The van der Waals surface area contributed by atoms with Gasteiger partial charge < -0.3 is 9.88 Å². The maximum absolute atomic E-state index is 12.4. The van der Waals surface area contributed by atoms with Crippen molar-refractivity contribution >= 4 is 45.0 Å². The lowest BCUT2D eigenvalue weighted by molar-refractivity contribution is 0.0940. The van der Waals surface area contributed by atoms with E-state index in [0.29, 0.717) is 22.6 Å². The van der Waals surface area contributed by atoms with Gasteiger partial charge in [-0.25, -0.2) is 0 Å². The second kappa shape index (κ2) is 7.31. The van der Waals surface area contributed by atoms with Crippen molar-refractivity contribution in [3.8, 4) is 0 Å². The lowest BCUT2D eigenvalue weighted by Gasteiger charge is -2.13. The van der Waals surface area contributed by atoms with Crippen molar-refractivity contribution in [2.24, 2.45) is 0 Å². The highest BCUT2D eigenvalue weighted by Crippen LogP contribution is 2.19. The van der Waals surface area contributed by atoms with Crippen molar-refractivity contribution in [3.63, 3.8) is 0 Å². The van der Waals surface area contributed by atoms with Gasteiger partial charge in [0.1, 0.15) is 5.69 Å². The van der Waals surface area contributed by atoms with Crippen LogP contribution < -0.4 is 10.9 Å². The maximum Gasteiger partial charge on any atom is 0.269 e. The van der Waals surface area contributed by atoms with E-state index < -0.39 is 5.91 Å². The topological polar surface area (TPSA) is 51.1 Å². The Morgan fingerprint density at radius 3 is 2.68 bits per heavy atom. The summed E-state index contributed by atoms with van der Waals surface area (Å²) in [5.41, 5.74) is 0.721. The molecule has 4 nitrogen and oxygen atoms in total. The average Bonchev–Trinajstić information content (AvgIpc) is 2.48. The molecule has 0 fully saturated rings. The Morgan fingerprint density at radius 1 is 1.32 bits per heavy atom. The van der Waals surface area contributed by atoms with Crippen LogP contribution in [0.25, 0.3) is 0 Å². The van der Waals surface area contributed by atoms with Gasteiger partial charge in [0.2, 0.25) is 0 Å². The van der Waals surface area contributed by atoms with Crippen molar-refractivity contribution in [2.45, 2.75) is 20.0 Å². The van der Waals surface area contributed by atoms with Crippen molar-refractivity contribution < 1.29 is 4.79 Å². The number of hydrogen-bond acceptors (Lipinski definition) is 2. The van der Waals surface area contributed by atoms with E-state index in [-0.39, 0.29) is 16.3 Å². The van der Waals surface area contributed by atoms with E-state index >= 15 is 0 Å². The number of halogens is 3. The molecule has 1 aromatic carbocycles. The molecule has 0 saturated carbocycles. The highest BCUT2D eigenvalue weighted by molar-refractivity contribution is 9.10. The summed E-state index contributed by atoms with van der Waals surface area (Å²) in [7, 11) is 0. The first-order valence-electron chi connectivity index (χ1n) is 6.55. The Kier molecular flexibility index (Phi) is 5.67. The average molecular weight is 404 g/mol. The van der Waals surface area contributed by atoms with Gasteiger partial charge in [0, 0.05) is 18.1 Å². The summed E-state index contributed by atoms with van der Waals surface area (Å²) in [4.78, 5) is 24.4. The van der Waals surface area contributed by atoms with Gasteiger partial charge in [0.25, 0.3) is 11.5 Å². The van der Waals surface area contributed by atoms with Crippen LogP contribution >= 0.6 is 39.1 Å². The third-order valence-corrected chi connectivity index (χ3v) is 4.16. The fraction of sp³-hybridized carbons (Fsp3) is 0.200. The minimum atomic E-state index is -0.406. The van der Waals surface area contributed by atoms with Crippen LogP contribution in [0.1, 0.15) is 23.0 Å². The molecule has 0 aliphatic rings. The number of rotatable bonds is 4. The van der Waals surface area contributed by atoms with Gasteiger partial charge in [-0.2, -0.15) is 0 Å². The van der Waals surface area contributed by atoms with Gasteiger partial charge in [-0.3, -0.25) is 9.59 Å². The molecule has 0 unspecified atom stereocenters. The SMILES string of the molecule is CCn1c(C(=O)NCc2cccc(Cl)c2)c(Cl)cc(Br)c1=O. The van der Waals surface area contributed by atoms with Crippen LogP contribution in [-0.4, -0.2) is 10.5 Å². The normalized spacial score (nSPS) is 10.5. The smallest absolute Gasteiger partial charge is 0.269 e. The molecular formula is C15H13BrCl2N2O2. The number of carbonyl (C=O) groups is 1. The second-order valence-corrected chi connectivity index (χ2v) is 6.25. The van der Waals surface area contributed by atoms with Crippen molar-refractivity contribution in [1.82, 2.24) is 9.88 Å². The van der Waals surface area contributed by atoms with Gasteiger partial charge in [0.15, 0.2) is 0 Å². The summed E-state index contributed by atoms with van der Waals surface area (Å²) in [6, 6.07) is 8.61. The summed E-state index contributed by atoms with van der Waals surface area (Å²) in [5, 5.41) is 3.56. The highest BCUT2D eigenvalue weighted by Gasteiger charge is 2.18. The van der Waals surface area contributed by atoms with Crippen LogP contribution in [0.2, 0.25) is 10.0 Å². The molecule has 1 heterocycles. The molecule has 1 N–H and O–H groups in total. The summed E-state index contributed by atoms with van der Waals surface area (Å²) in [5.74, 6) is -0.406. The molecule has 0 atom stereocenters. The molecule has 116 valence electrons. The second-order valence-electron chi connectivity index (χ2n) is 4.55. The molecule has 0 bridgehead atoms. The zero-order valence-corrected chi connectivity index (χ0v) is 14.8. The molecule has 7 heteroatoms. The van der Waals surface area contributed by atoms with Crippen molar-refractivity contribution in [2.75, 3.05) is 0 Å². The third-order valence-electron chi connectivity index (χ3n) is 3.07. The number of amides is 1. The Hall–Kier alpha value is -1.30. The standard InChI is InChI=1S/C15H13BrCl2N2O2/c1-2-20-13(12(18)7-11(16)15(20)22)14(21)19-8-9-4-3-5-10(17)6-9/h3-7H,2,8H2,1H3,(H,19,21). The fourth-order valence-electron chi connectivity index (χ4n) is 2.05. The molecule has 22 heavy (non-hydrogen) atoms. The van der Waals surface area contributed by atoms with Crippen LogP contribution in [0.5, 0.6) is 0 Å². The molecule has 1 amide bonds. The number of nitrogens with one attached hydrogen (secondary N) is 1. The Morgan fingerprint density at radius 2 is 2.05 bits per heavy atom. The van der Waals surface area contributed by atoms with E-state index in [9.17, 15) is 9.59 Å². The number of carbonyl (C=O) groups excluding carboxylic acids is 1. The van der Waals surface area contributed by atoms with Gasteiger partial charge >= 0.3 is 0 Å². The molecule has 0 aliphatic carbocycles. The Balaban J connectivity index is 2.27. The minimum Gasteiger partial charge on any atom is -0.347 e. The van der Waals surface area contributed by atoms with E-state index in [1.807, 2.05) is 6.07 Å². The number of hydrogen-bond donors (Lipinski definition) is 1. The van der Waals surface area contributed by atoms with E-state index in [1.54, 1.807) is 25.1 Å². The van der Waals surface area contributed by atoms with Crippen LogP contribution in [-0.2, 0) is 13.1 Å². The van der Waals surface area contributed by atoms with E-state index in [1.165, 1.54) is 10.6 Å². The largest absolute Gasteiger partial charge is 0.347 e. The highest BCUT2D eigenvalue weighted by atomic mass is 79.9. The first kappa shape index (κ1) is 17.1. The number of pyridine rings is 1. The molecule has 0 spiro atoms. The van der Waals surface area contributed by atoms with Gasteiger partial charge in [-0.1, -0.05) is 35.3 Å². The Bertz CT molecular complexity index is 775. The number of nitrogens with zero attached hydrogens (tertiary/aromatic N) is 1. The summed E-state index contributed by atoms with van der Waals surface area (Å²) in [6.45, 7) is 2.42. The summed E-state index contributed by atoms with van der Waals surface area (Å²) in [6.07, 6.45) is 0. The molecule has 1 aromatic heterocycles.